The first kappa shape index (κ1) is 23.5. The van der Waals surface area contributed by atoms with Crippen molar-refractivity contribution in [3.05, 3.63) is 35.5 Å². The fourth-order valence-electron chi connectivity index (χ4n) is 5.31. The molecule has 0 spiro atoms. The smallest absolute Gasteiger partial charge is 0.147 e. The van der Waals surface area contributed by atoms with E-state index in [1.54, 1.807) is 0 Å². The van der Waals surface area contributed by atoms with Crippen LogP contribution < -0.4 is 0 Å². The van der Waals surface area contributed by atoms with Crippen molar-refractivity contribution in [3.8, 4) is 11.8 Å². The van der Waals surface area contributed by atoms with Gasteiger partial charge in [0.05, 0.1) is 12.6 Å². The largest absolute Gasteiger partial charge is 0.375 e. The molecule has 1 aromatic carbocycles. The molecule has 0 amide bonds. The average Bonchev–Trinajstić information content (AvgIpc) is 3.12. The first-order valence-corrected chi connectivity index (χ1v) is 11.7. The number of para-hydroxylation sites is 1. The van der Waals surface area contributed by atoms with Crippen LogP contribution in [-0.4, -0.2) is 33.3 Å². The van der Waals surface area contributed by atoms with Crippen molar-refractivity contribution in [2.45, 2.75) is 85.9 Å². The molecule has 160 valence electrons. The second-order valence-corrected chi connectivity index (χ2v) is 7.25. The van der Waals surface area contributed by atoms with E-state index in [9.17, 15) is 5.11 Å². The Morgan fingerprint density at radius 1 is 1.03 bits per heavy atom. The second-order valence-electron chi connectivity index (χ2n) is 7.25. The van der Waals surface area contributed by atoms with Crippen LogP contribution in [0.15, 0.2) is 24.3 Å². The van der Waals surface area contributed by atoms with Crippen molar-refractivity contribution >= 4 is 10.9 Å². The predicted molar refractivity (Wildman–Crippen MR) is 125 cm³/mol. The molecule has 3 nitrogen and oxygen atoms in total. The second kappa shape index (κ2) is 10.3. The molecule has 1 N–H and O–H groups in total. The molecule has 0 bridgehead atoms. The van der Waals surface area contributed by atoms with E-state index in [-0.39, 0.29) is 5.92 Å². The van der Waals surface area contributed by atoms with Crippen LogP contribution in [0.4, 0.5) is 0 Å². The zero-order valence-corrected chi connectivity index (χ0v) is 19.5. The minimum Gasteiger partial charge on any atom is -0.375 e. The highest BCUT2D eigenvalue weighted by atomic mass is 16.3. The Kier molecular flexibility index (Phi) is 8.37. The molecule has 1 aromatic heterocycles. The predicted octanol–water partition coefficient (Wildman–Crippen LogP) is 5.80. The zero-order chi connectivity index (χ0) is 21.6. The molecule has 5 rings (SSSR count). The van der Waals surface area contributed by atoms with E-state index >= 15 is 0 Å². The van der Waals surface area contributed by atoms with E-state index in [0.29, 0.717) is 12.6 Å². The summed E-state index contributed by atoms with van der Waals surface area (Å²) in [7, 11) is 0. The lowest BCUT2D eigenvalue weighted by Gasteiger charge is -2.52. The SMILES string of the molecule is CC.CC.CC.CC#CC1(O)Cn2c3c(c4ccccc42)CCN2CCCC1C32. The molecule has 0 aliphatic carbocycles. The minimum absolute atomic E-state index is 0.236. The summed E-state index contributed by atoms with van der Waals surface area (Å²) in [5.41, 5.74) is 3.34. The molecule has 3 heteroatoms. The number of nitrogens with zero attached hydrogens (tertiary/aromatic N) is 2. The van der Waals surface area contributed by atoms with Crippen molar-refractivity contribution in [2.24, 2.45) is 5.92 Å². The minimum atomic E-state index is -0.901. The lowest BCUT2D eigenvalue weighted by molar-refractivity contribution is -0.0705. The average molecular weight is 397 g/mol. The van der Waals surface area contributed by atoms with Crippen molar-refractivity contribution in [1.82, 2.24) is 9.47 Å². The van der Waals surface area contributed by atoms with E-state index < -0.39 is 5.60 Å². The summed E-state index contributed by atoms with van der Waals surface area (Å²) >= 11 is 0. The van der Waals surface area contributed by atoms with Crippen LogP contribution in [0.1, 0.15) is 78.6 Å². The molecule has 2 aromatic rings. The Labute approximate surface area is 178 Å². The molecular weight excluding hydrogens is 356 g/mol. The van der Waals surface area contributed by atoms with Gasteiger partial charge in [-0.15, -0.1) is 5.92 Å². The Hall–Kier alpha value is -1.76. The van der Waals surface area contributed by atoms with Gasteiger partial charge in [-0.2, -0.15) is 0 Å². The first-order valence-electron chi connectivity index (χ1n) is 11.7. The maximum Gasteiger partial charge on any atom is 0.147 e. The number of piperidine rings is 1. The van der Waals surface area contributed by atoms with Crippen LogP contribution in [0, 0.1) is 17.8 Å². The monoisotopic (exact) mass is 396 g/mol. The molecule has 3 unspecified atom stereocenters. The summed E-state index contributed by atoms with van der Waals surface area (Å²) < 4.78 is 2.37. The molecule has 1 fully saturated rings. The van der Waals surface area contributed by atoms with Crippen molar-refractivity contribution in [1.29, 1.82) is 0 Å². The molecule has 0 radical (unpaired) electrons. The number of aromatic nitrogens is 1. The van der Waals surface area contributed by atoms with Gasteiger partial charge in [-0.3, -0.25) is 4.90 Å². The summed E-state index contributed by atoms with van der Waals surface area (Å²) in [5.74, 6) is 6.41. The van der Waals surface area contributed by atoms with Crippen LogP contribution in [0.5, 0.6) is 0 Å². The Morgan fingerprint density at radius 2 is 1.72 bits per heavy atom. The number of hydrogen-bond acceptors (Lipinski definition) is 2. The molecular formula is C26H40N2O. The zero-order valence-electron chi connectivity index (χ0n) is 19.5. The summed E-state index contributed by atoms with van der Waals surface area (Å²) in [4.78, 5) is 2.59. The molecule has 3 aliphatic heterocycles. The lowest BCUT2D eigenvalue weighted by Crippen LogP contribution is -2.56. The third kappa shape index (κ3) is 3.86. The number of benzene rings is 1. The number of fused-ring (bicyclic) bond motifs is 3. The van der Waals surface area contributed by atoms with Crippen LogP contribution in [0.3, 0.4) is 0 Å². The van der Waals surface area contributed by atoms with Gasteiger partial charge in [-0.25, -0.2) is 0 Å². The Morgan fingerprint density at radius 3 is 2.41 bits per heavy atom. The number of aliphatic hydroxyl groups is 1. The Balaban J connectivity index is 0.000000461. The Bertz CT molecular complexity index is 857. The fraction of sp³-hybridized carbons (Fsp3) is 0.615. The van der Waals surface area contributed by atoms with Crippen molar-refractivity contribution in [3.63, 3.8) is 0 Å². The molecule has 29 heavy (non-hydrogen) atoms. The molecule has 3 atom stereocenters. The van der Waals surface area contributed by atoms with Crippen LogP contribution >= 0.6 is 0 Å². The molecule has 3 aliphatic rings. The van der Waals surface area contributed by atoms with Gasteiger partial charge >= 0.3 is 0 Å². The van der Waals surface area contributed by atoms with Gasteiger partial charge in [0, 0.05) is 29.1 Å². The highest BCUT2D eigenvalue weighted by Gasteiger charge is 2.52. The van der Waals surface area contributed by atoms with Crippen molar-refractivity contribution in [2.75, 3.05) is 13.1 Å². The third-order valence-electron chi connectivity index (χ3n) is 6.14. The quantitative estimate of drug-likeness (QED) is 0.570. The topological polar surface area (TPSA) is 28.4 Å². The maximum atomic E-state index is 11.4. The van der Waals surface area contributed by atoms with E-state index in [4.69, 9.17) is 0 Å². The normalized spacial score (nSPS) is 26.2. The van der Waals surface area contributed by atoms with Gasteiger partial charge in [-0.05, 0) is 44.4 Å². The van der Waals surface area contributed by atoms with Gasteiger partial charge in [0.25, 0.3) is 0 Å². The van der Waals surface area contributed by atoms with Gasteiger partial charge in [0.1, 0.15) is 5.60 Å². The highest BCUT2D eigenvalue weighted by Crippen LogP contribution is 2.51. The summed E-state index contributed by atoms with van der Waals surface area (Å²) in [6, 6.07) is 9.01. The fourth-order valence-corrected chi connectivity index (χ4v) is 5.31. The van der Waals surface area contributed by atoms with E-state index in [1.807, 2.05) is 48.5 Å². The van der Waals surface area contributed by atoms with Gasteiger partial charge < -0.3 is 9.67 Å². The van der Waals surface area contributed by atoms with Crippen LogP contribution in [0.2, 0.25) is 0 Å². The summed E-state index contributed by atoms with van der Waals surface area (Å²) in [6.07, 6.45) is 3.38. The van der Waals surface area contributed by atoms with Crippen molar-refractivity contribution < 1.29 is 5.11 Å². The van der Waals surface area contributed by atoms with Gasteiger partial charge in [-0.1, -0.05) is 65.7 Å². The summed E-state index contributed by atoms with van der Waals surface area (Å²) in [6.45, 7) is 16.7. The maximum absolute atomic E-state index is 11.4. The summed E-state index contributed by atoms with van der Waals surface area (Å²) in [5, 5.41) is 12.8. The molecule has 0 saturated carbocycles. The number of hydrogen-bond donors (Lipinski definition) is 1. The third-order valence-corrected chi connectivity index (χ3v) is 6.14. The van der Waals surface area contributed by atoms with Gasteiger partial charge in [0.15, 0.2) is 0 Å². The van der Waals surface area contributed by atoms with Crippen LogP contribution in [-0.2, 0) is 13.0 Å². The van der Waals surface area contributed by atoms with Gasteiger partial charge in [0.2, 0.25) is 0 Å². The number of rotatable bonds is 0. The van der Waals surface area contributed by atoms with Crippen LogP contribution in [0.25, 0.3) is 10.9 Å². The standard InChI is InChI=1S/C20H22N2O.3C2H6/c1-2-10-20(23)13-22-17-8-4-3-6-14(17)15-9-12-21-11-5-7-16(20)19(21)18(15)22;3*1-2/h3-4,6,8,16,19,23H,5,7,9,11-13H2,1H3;3*1-2H3. The lowest BCUT2D eigenvalue weighted by atomic mass is 9.71. The van der Waals surface area contributed by atoms with E-state index in [2.05, 4.69) is 45.6 Å². The highest BCUT2D eigenvalue weighted by molar-refractivity contribution is 5.86. The molecule has 4 heterocycles. The first-order chi connectivity index (χ1) is 14.2. The molecule has 1 saturated heterocycles. The van der Waals surface area contributed by atoms with E-state index in [1.165, 1.54) is 28.6 Å². The van der Waals surface area contributed by atoms with E-state index in [0.717, 1.165) is 25.9 Å².